The zero-order valence-corrected chi connectivity index (χ0v) is 11.9. The molecule has 0 bridgehead atoms. The Labute approximate surface area is 122 Å². The molecule has 1 unspecified atom stereocenters. The molecule has 0 aliphatic heterocycles. The Morgan fingerprint density at radius 3 is 2.60 bits per heavy atom. The van der Waals surface area contributed by atoms with Crippen LogP contribution in [0.2, 0.25) is 5.02 Å². The fourth-order valence-corrected chi connectivity index (χ4v) is 2.09. The number of hydrogen-bond acceptors (Lipinski definition) is 3. The lowest BCUT2D eigenvalue weighted by atomic mass is 10.1. The molecule has 2 rings (SSSR count). The van der Waals surface area contributed by atoms with Crippen LogP contribution in [0.4, 0.5) is 10.1 Å². The van der Waals surface area contributed by atoms with E-state index in [-0.39, 0.29) is 11.8 Å². The van der Waals surface area contributed by atoms with Gasteiger partial charge in [-0.2, -0.15) is 0 Å². The van der Waals surface area contributed by atoms with Gasteiger partial charge in [0, 0.05) is 16.7 Å². The van der Waals surface area contributed by atoms with Crippen molar-refractivity contribution >= 4 is 17.3 Å². The summed E-state index contributed by atoms with van der Waals surface area (Å²) < 4.78 is 18.7. The fraction of sp³-hybridized carbons (Fsp3) is 0.200. The van der Waals surface area contributed by atoms with Gasteiger partial charge in [-0.25, -0.2) is 4.39 Å². The molecule has 0 aliphatic rings. The van der Waals surface area contributed by atoms with Crippen LogP contribution in [0.25, 0.3) is 0 Å². The zero-order valence-electron chi connectivity index (χ0n) is 11.2. The predicted molar refractivity (Wildman–Crippen MR) is 78.1 cm³/mol. The molecule has 0 saturated heterocycles. The maximum absolute atomic E-state index is 13.7. The molecule has 0 amide bonds. The molecule has 0 heterocycles. The van der Waals surface area contributed by atoms with Crippen molar-refractivity contribution in [1.82, 2.24) is 0 Å². The first kappa shape index (κ1) is 14.5. The third kappa shape index (κ3) is 3.14. The Morgan fingerprint density at radius 2 is 2.00 bits per heavy atom. The molecule has 2 aromatic rings. The topological polar surface area (TPSA) is 41.5 Å². The number of rotatable bonds is 4. The first-order chi connectivity index (χ1) is 9.51. The van der Waals surface area contributed by atoms with Crippen LogP contribution in [0, 0.1) is 5.82 Å². The highest BCUT2D eigenvalue weighted by atomic mass is 35.5. The van der Waals surface area contributed by atoms with E-state index in [1.165, 1.54) is 19.2 Å². The molecule has 0 fully saturated rings. The Balaban J connectivity index is 2.21. The van der Waals surface area contributed by atoms with Gasteiger partial charge in [0.15, 0.2) is 0 Å². The van der Waals surface area contributed by atoms with E-state index in [2.05, 4.69) is 5.32 Å². The van der Waals surface area contributed by atoms with E-state index in [9.17, 15) is 9.50 Å². The highest BCUT2D eigenvalue weighted by Gasteiger charge is 2.13. The number of benzene rings is 2. The smallest absolute Gasteiger partial charge is 0.147 e. The van der Waals surface area contributed by atoms with Crippen molar-refractivity contribution in [2.24, 2.45) is 0 Å². The van der Waals surface area contributed by atoms with E-state index < -0.39 is 5.82 Å². The molecule has 20 heavy (non-hydrogen) atoms. The first-order valence-corrected chi connectivity index (χ1v) is 6.47. The maximum atomic E-state index is 13.7. The minimum atomic E-state index is -0.433. The van der Waals surface area contributed by atoms with Crippen molar-refractivity contribution in [3.63, 3.8) is 0 Å². The number of anilines is 1. The highest BCUT2D eigenvalue weighted by molar-refractivity contribution is 6.30. The summed E-state index contributed by atoms with van der Waals surface area (Å²) in [5.41, 5.74) is 0.984. The zero-order chi connectivity index (χ0) is 14.7. The standard InChI is InChI=1S/C15H15ClFNO2/c1-9(12-5-4-11(20-2)8-15(12)19)18-14-6-3-10(16)7-13(14)17/h3-9,18-19H,1-2H3. The van der Waals surface area contributed by atoms with Crippen LogP contribution < -0.4 is 10.1 Å². The summed E-state index contributed by atoms with van der Waals surface area (Å²) in [6.07, 6.45) is 0. The molecule has 0 radical (unpaired) electrons. The number of phenols is 1. The van der Waals surface area contributed by atoms with Crippen LogP contribution in [0.15, 0.2) is 36.4 Å². The van der Waals surface area contributed by atoms with Gasteiger partial charge in [-0.05, 0) is 37.3 Å². The number of hydrogen-bond donors (Lipinski definition) is 2. The second-order valence-corrected chi connectivity index (χ2v) is 4.85. The van der Waals surface area contributed by atoms with Crippen LogP contribution >= 0.6 is 11.6 Å². The van der Waals surface area contributed by atoms with Crippen LogP contribution in [-0.2, 0) is 0 Å². The van der Waals surface area contributed by atoms with Gasteiger partial charge in [0.05, 0.1) is 18.8 Å². The van der Waals surface area contributed by atoms with Crippen molar-refractivity contribution < 1.29 is 14.2 Å². The number of methoxy groups -OCH3 is 1. The summed E-state index contributed by atoms with van der Waals surface area (Å²) in [5.74, 6) is 0.229. The molecular weight excluding hydrogens is 281 g/mol. The largest absolute Gasteiger partial charge is 0.507 e. The predicted octanol–water partition coefficient (Wildman–Crippen LogP) is 4.37. The molecule has 3 nitrogen and oxygen atoms in total. The van der Waals surface area contributed by atoms with Crippen LogP contribution in [0.5, 0.6) is 11.5 Å². The first-order valence-electron chi connectivity index (χ1n) is 6.09. The molecule has 0 spiro atoms. The van der Waals surface area contributed by atoms with Crippen molar-refractivity contribution in [3.05, 3.63) is 52.8 Å². The van der Waals surface area contributed by atoms with Crippen molar-refractivity contribution in [2.45, 2.75) is 13.0 Å². The van der Waals surface area contributed by atoms with Gasteiger partial charge in [-0.1, -0.05) is 11.6 Å². The van der Waals surface area contributed by atoms with Gasteiger partial charge >= 0.3 is 0 Å². The van der Waals surface area contributed by atoms with Gasteiger partial charge in [-0.3, -0.25) is 0 Å². The minimum Gasteiger partial charge on any atom is -0.507 e. The Bertz CT molecular complexity index is 619. The molecular formula is C15H15ClFNO2. The fourth-order valence-electron chi connectivity index (χ4n) is 1.93. The molecule has 106 valence electrons. The van der Waals surface area contributed by atoms with E-state index in [4.69, 9.17) is 16.3 Å². The molecule has 1 atom stereocenters. The Morgan fingerprint density at radius 1 is 1.25 bits per heavy atom. The molecule has 0 saturated carbocycles. The molecule has 2 N–H and O–H groups in total. The third-order valence-electron chi connectivity index (χ3n) is 3.01. The monoisotopic (exact) mass is 295 g/mol. The summed E-state index contributed by atoms with van der Waals surface area (Å²) >= 11 is 5.71. The molecule has 2 aromatic carbocycles. The minimum absolute atomic E-state index is 0.0960. The van der Waals surface area contributed by atoms with Gasteiger partial charge in [0.2, 0.25) is 0 Å². The van der Waals surface area contributed by atoms with Crippen LogP contribution in [0.1, 0.15) is 18.5 Å². The number of ether oxygens (including phenoxy) is 1. The number of halogens is 2. The van der Waals surface area contributed by atoms with E-state index in [0.29, 0.717) is 22.0 Å². The lowest BCUT2D eigenvalue weighted by Crippen LogP contribution is -2.08. The summed E-state index contributed by atoms with van der Waals surface area (Å²) in [5, 5.41) is 13.3. The lowest BCUT2D eigenvalue weighted by Gasteiger charge is -2.18. The van der Waals surface area contributed by atoms with Crippen molar-refractivity contribution in [3.8, 4) is 11.5 Å². The Hall–Kier alpha value is -1.94. The summed E-state index contributed by atoms with van der Waals surface area (Å²) in [6, 6.07) is 9.14. The quantitative estimate of drug-likeness (QED) is 0.880. The van der Waals surface area contributed by atoms with Crippen LogP contribution in [0.3, 0.4) is 0 Å². The summed E-state index contributed by atoms with van der Waals surface area (Å²) in [7, 11) is 1.53. The summed E-state index contributed by atoms with van der Waals surface area (Å²) in [6.45, 7) is 1.83. The maximum Gasteiger partial charge on any atom is 0.147 e. The highest BCUT2D eigenvalue weighted by Crippen LogP contribution is 2.31. The molecule has 0 aromatic heterocycles. The van der Waals surface area contributed by atoms with E-state index in [1.54, 1.807) is 24.3 Å². The van der Waals surface area contributed by atoms with E-state index in [0.717, 1.165) is 0 Å². The second kappa shape index (κ2) is 6.01. The van der Waals surface area contributed by atoms with Crippen LogP contribution in [-0.4, -0.2) is 12.2 Å². The van der Waals surface area contributed by atoms with Gasteiger partial charge in [-0.15, -0.1) is 0 Å². The van der Waals surface area contributed by atoms with Gasteiger partial charge < -0.3 is 15.2 Å². The number of aromatic hydroxyl groups is 1. The van der Waals surface area contributed by atoms with Crippen molar-refractivity contribution in [2.75, 3.05) is 12.4 Å². The molecule has 0 aliphatic carbocycles. The van der Waals surface area contributed by atoms with Crippen molar-refractivity contribution in [1.29, 1.82) is 0 Å². The summed E-state index contributed by atoms with van der Waals surface area (Å²) in [4.78, 5) is 0. The number of nitrogens with one attached hydrogen (secondary N) is 1. The third-order valence-corrected chi connectivity index (χ3v) is 3.24. The normalized spacial score (nSPS) is 12.0. The SMILES string of the molecule is COc1ccc(C(C)Nc2ccc(Cl)cc2F)c(O)c1. The second-order valence-electron chi connectivity index (χ2n) is 4.41. The van der Waals surface area contributed by atoms with E-state index >= 15 is 0 Å². The lowest BCUT2D eigenvalue weighted by molar-refractivity contribution is 0.406. The van der Waals surface area contributed by atoms with Gasteiger partial charge in [0.1, 0.15) is 17.3 Å². The van der Waals surface area contributed by atoms with E-state index in [1.807, 2.05) is 6.92 Å². The molecule has 5 heteroatoms. The average molecular weight is 296 g/mol. The van der Waals surface area contributed by atoms with Gasteiger partial charge in [0.25, 0.3) is 0 Å². The Kier molecular flexibility index (Phi) is 4.35. The average Bonchev–Trinajstić information content (AvgIpc) is 2.41. The number of phenolic OH excluding ortho intramolecular Hbond substituents is 1.